The fourth-order valence-corrected chi connectivity index (χ4v) is 1.92. The molecule has 0 radical (unpaired) electrons. The van der Waals surface area contributed by atoms with Crippen molar-refractivity contribution in [3.63, 3.8) is 0 Å². The van der Waals surface area contributed by atoms with Crippen LogP contribution in [0.2, 0.25) is 0 Å². The molecule has 1 heterocycles. The first-order valence-electron chi connectivity index (χ1n) is 5.07. The molecule has 14 heavy (non-hydrogen) atoms. The molecule has 2 heteroatoms. The average Bonchev–Trinajstić information content (AvgIpc) is 2.59. The third kappa shape index (κ3) is 1.52. The number of hydrogen-bond acceptors (Lipinski definition) is 1. The van der Waals surface area contributed by atoms with E-state index in [0.717, 1.165) is 13.1 Å². The van der Waals surface area contributed by atoms with E-state index in [2.05, 4.69) is 25.1 Å². The van der Waals surface area contributed by atoms with E-state index < -0.39 is 0 Å². The summed E-state index contributed by atoms with van der Waals surface area (Å²) in [6, 6.07) is 6.42. The maximum atomic E-state index is 11.5. The van der Waals surface area contributed by atoms with Crippen molar-refractivity contribution < 1.29 is 4.79 Å². The molecule has 0 unspecified atom stereocenters. The Morgan fingerprint density at radius 1 is 1.36 bits per heavy atom. The molecule has 0 N–H and O–H groups in total. The third-order valence-electron chi connectivity index (χ3n) is 2.74. The van der Waals surface area contributed by atoms with Gasteiger partial charge in [-0.2, -0.15) is 0 Å². The minimum Gasteiger partial charge on any atom is -0.334 e. The Labute approximate surface area is 84.5 Å². The van der Waals surface area contributed by atoms with Gasteiger partial charge in [0.2, 0.25) is 5.91 Å². The number of amides is 1. The Morgan fingerprint density at radius 3 is 2.79 bits per heavy atom. The summed E-state index contributed by atoms with van der Waals surface area (Å²) in [5.41, 5.74) is 3.89. The van der Waals surface area contributed by atoms with Crippen molar-refractivity contribution in [1.29, 1.82) is 0 Å². The Hall–Kier alpha value is -1.31. The van der Waals surface area contributed by atoms with Gasteiger partial charge in [-0.3, -0.25) is 4.79 Å². The monoisotopic (exact) mass is 189 g/mol. The minimum atomic E-state index is 0.249. The van der Waals surface area contributed by atoms with E-state index in [0.29, 0.717) is 6.42 Å². The lowest BCUT2D eigenvalue weighted by atomic mass is 10.1. The zero-order valence-corrected chi connectivity index (χ0v) is 8.71. The summed E-state index contributed by atoms with van der Waals surface area (Å²) >= 11 is 0. The highest BCUT2D eigenvalue weighted by atomic mass is 16.2. The number of carbonyl (C=O) groups excluding carboxylic acids is 1. The Morgan fingerprint density at radius 2 is 2.07 bits per heavy atom. The molecule has 1 aliphatic rings. The Bertz CT molecular complexity index is 371. The predicted octanol–water partition coefficient (Wildman–Crippen LogP) is 2.25. The number of hydrogen-bond donors (Lipinski definition) is 0. The maximum absolute atomic E-state index is 11.5. The fourth-order valence-electron chi connectivity index (χ4n) is 1.92. The van der Waals surface area contributed by atoms with Crippen LogP contribution in [0.15, 0.2) is 18.2 Å². The molecule has 0 aliphatic carbocycles. The summed E-state index contributed by atoms with van der Waals surface area (Å²) in [4.78, 5) is 13.4. The van der Waals surface area contributed by atoms with Crippen LogP contribution in [0, 0.1) is 6.92 Å². The van der Waals surface area contributed by atoms with Crippen LogP contribution in [0.1, 0.15) is 30.0 Å². The quantitative estimate of drug-likeness (QED) is 0.663. The number of carbonyl (C=O) groups is 1. The second kappa shape index (κ2) is 3.45. The van der Waals surface area contributed by atoms with Crippen LogP contribution in [-0.2, 0) is 17.9 Å². The zero-order chi connectivity index (χ0) is 10.1. The molecular weight excluding hydrogens is 174 g/mol. The van der Waals surface area contributed by atoms with Crippen LogP contribution in [0.5, 0.6) is 0 Å². The molecule has 0 saturated carbocycles. The molecule has 2 rings (SSSR count). The van der Waals surface area contributed by atoms with Crippen molar-refractivity contribution in [2.45, 2.75) is 33.4 Å². The van der Waals surface area contributed by atoms with Gasteiger partial charge in [-0.25, -0.2) is 0 Å². The average molecular weight is 189 g/mol. The normalized spacial score (nSPS) is 14.3. The van der Waals surface area contributed by atoms with Gasteiger partial charge in [0.15, 0.2) is 0 Å². The molecule has 1 amide bonds. The first-order chi connectivity index (χ1) is 6.70. The third-order valence-corrected chi connectivity index (χ3v) is 2.74. The van der Waals surface area contributed by atoms with E-state index >= 15 is 0 Å². The van der Waals surface area contributed by atoms with Crippen LogP contribution in [0.25, 0.3) is 0 Å². The molecular formula is C12H15NO. The van der Waals surface area contributed by atoms with Gasteiger partial charge in [0.05, 0.1) is 0 Å². The van der Waals surface area contributed by atoms with E-state index in [4.69, 9.17) is 0 Å². The van der Waals surface area contributed by atoms with Gasteiger partial charge in [-0.15, -0.1) is 0 Å². The molecule has 2 nitrogen and oxygen atoms in total. The van der Waals surface area contributed by atoms with Crippen LogP contribution in [0.4, 0.5) is 0 Å². The summed E-state index contributed by atoms with van der Waals surface area (Å²) < 4.78 is 0. The topological polar surface area (TPSA) is 20.3 Å². The van der Waals surface area contributed by atoms with Crippen molar-refractivity contribution in [3.8, 4) is 0 Å². The second-order valence-corrected chi connectivity index (χ2v) is 3.88. The first-order valence-corrected chi connectivity index (χ1v) is 5.07. The minimum absolute atomic E-state index is 0.249. The summed E-state index contributed by atoms with van der Waals surface area (Å²) in [7, 11) is 0. The largest absolute Gasteiger partial charge is 0.334 e. The SMILES string of the molecule is CCC(=O)N1Cc2ccc(C)cc2C1. The number of aryl methyl sites for hydroxylation is 1. The Balaban J connectivity index is 2.22. The molecule has 1 aromatic carbocycles. The van der Waals surface area contributed by atoms with Crippen molar-refractivity contribution in [2.24, 2.45) is 0 Å². The highest BCUT2D eigenvalue weighted by Crippen LogP contribution is 2.23. The molecule has 0 saturated heterocycles. The summed E-state index contributed by atoms with van der Waals surface area (Å²) in [5, 5.41) is 0. The first kappa shape index (κ1) is 9.25. The maximum Gasteiger partial charge on any atom is 0.222 e. The summed E-state index contributed by atoms with van der Waals surface area (Å²) in [6.07, 6.45) is 0.604. The summed E-state index contributed by atoms with van der Waals surface area (Å²) in [5.74, 6) is 0.249. The van der Waals surface area contributed by atoms with Crippen molar-refractivity contribution in [1.82, 2.24) is 4.90 Å². The Kier molecular flexibility index (Phi) is 2.28. The fraction of sp³-hybridized carbons (Fsp3) is 0.417. The lowest BCUT2D eigenvalue weighted by Gasteiger charge is -2.13. The highest BCUT2D eigenvalue weighted by molar-refractivity contribution is 5.76. The predicted molar refractivity (Wildman–Crippen MR) is 55.7 cm³/mol. The van der Waals surface area contributed by atoms with Crippen LogP contribution < -0.4 is 0 Å². The van der Waals surface area contributed by atoms with Gasteiger partial charge in [-0.1, -0.05) is 30.7 Å². The number of fused-ring (bicyclic) bond motifs is 1. The highest BCUT2D eigenvalue weighted by Gasteiger charge is 2.21. The zero-order valence-electron chi connectivity index (χ0n) is 8.71. The van der Waals surface area contributed by atoms with Gasteiger partial charge >= 0.3 is 0 Å². The van der Waals surface area contributed by atoms with E-state index in [1.54, 1.807) is 0 Å². The molecule has 0 fully saturated rings. The molecule has 0 aromatic heterocycles. The lowest BCUT2D eigenvalue weighted by molar-refractivity contribution is -0.131. The lowest BCUT2D eigenvalue weighted by Crippen LogP contribution is -2.23. The molecule has 74 valence electrons. The molecule has 1 aliphatic heterocycles. The van der Waals surface area contributed by atoms with Crippen molar-refractivity contribution in [3.05, 3.63) is 34.9 Å². The van der Waals surface area contributed by atoms with Gasteiger partial charge in [0.25, 0.3) is 0 Å². The van der Waals surface area contributed by atoms with E-state index in [1.165, 1.54) is 16.7 Å². The molecule has 0 bridgehead atoms. The van der Waals surface area contributed by atoms with Crippen LogP contribution in [0.3, 0.4) is 0 Å². The standard InChI is InChI=1S/C12H15NO/c1-3-12(14)13-7-10-5-4-9(2)6-11(10)8-13/h4-6H,3,7-8H2,1-2H3. The van der Waals surface area contributed by atoms with Crippen LogP contribution >= 0.6 is 0 Å². The molecule has 0 spiro atoms. The molecule has 0 atom stereocenters. The van der Waals surface area contributed by atoms with Gasteiger partial charge < -0.3 is 4.90 Å². The summed E-state index contributed by atoms with van der Waals surface area (Å²) in [6.45, 7) is 5.59. The number of rotatable bonds is 1. The van der Waals surface area contributed by atoms with E-state index in [-0.39, 0.29) is 5.91 Å². The molecule has 1 aromatic rings. The second-order valence-electron chi connectivity index (χ2n) is 3.88. The van der Waals surface area contributed by atoms with Gasteiger partial charge in [0, 0.05) is 19.5 Å². The van der Waals surface area contributed by atoms with E-state index in [1.807, 2.05) is 11.8 Å². The van der Waals surface area contributed by atoms with E-state index in [9.17, 15) is 4.79 Å². The number of nitrogens with zero attached hydrogens (tertiary/aromatic N) is 1. The van der Waals surface area contributed by atoms with Crippen LogP contribution in [-0.4, -0.2) is 10.8 Å². The van der Waals surface area contributed by atoms with Crippen molar-refractivity contribution >= 4 is 5.91 Å². The van der Waals surface area contributed by atoms with Crippen molar-refractivity contribution in [2.75, 3.05) is 0 Å². The van der Waals surface area contributed by atoms with Gasteiger partial charge in [0.1, 0.15) is 0 Å². The smallest absolute Gasteiger partial charge is 0.222 e. The van der Waals surface area contributed by atoms with Gasteiger partial charge in [-0.05, 0) is 18.1 Å². The number of benzene rings is 1.